The summed E-state index contributed by atoms with van der Waals surface area (Å²) in [6.45, 7) is 0.644. The van der Waals surface area contributed by atoms with E-state index in [1.165, 1.54) is 0 Å². The van der Waals surface area contributed by atoms with Crippen LogP contribution in [0, 0.1) is 0 Å². The second-order valence-corrected chi connectivity index (χ2v) is 6.68. The van der Waals surface area contributed by atoms with E-state index in [9.17, 15) is 14.4 Å². The molecule has 2 heterocycles. The number of aromatic nitrogens is 1. The number of nitrogens with one attached hydrogen (secondary N) is 2. The molecule has 1 fully saturated rings. The van der Waals surface area contributed by atoms with Crippen LogP contribution in [-0.4, -0.2) is 54.0 Å². The van der Waals surface area contributed by atoms with Gasteiger partial charge in [0, 0.05) is 31.4 Å². The highest BCUT2D eigenvalue weighted by Gasteiger charge is 2.38. The van der Waals surface area contributed by atoms with Crippen molar-refractivity contribution in [1.82, 2.24) is 20.5 Å². The molecule has 0 saturated carbocycles. The molecule has 4 amide bonds. The third-order valence-corrected chi connectivity index (χ3v) is 4.72. The van der Waals surface area contributed by atoms with Gasteiger partial charge in [-0.25, -0.2) is 4.79 Å². The Morgan fingerprint density at radius 2 is 1.97 bits per heavy atom. The number of carbonyl (C=O) groups is 3. The van der Waals surface area contributed by atoms with Crippen LogP contribution in [0.4, 0.5) is 4.79 Å². The number of para-hydroxylation sites is 1. The maximum atomic E-state index is 12.5. The molecule has 0 aliphatic carbocycles. The molecule has 0 spiro atoms. The number of hydrogen-bond donors (Lipinski definition) is 2. The van der Waals surface area contributed by atoms with E-state index < -0.39 is 12.1 Å². The van der Waals surface area contributed by atoms with Crippen molar-refractivity contribution < 1.29 is 19.1 Å². The average Bonchev–Trinajstić information content (AvgIpc) is 3.00. The summed E-state index contributed by atoms with van der Waals surface area (Å²) in [4.78, 5) is 42.2. The van der Waals surface area contributed by atoms with Crippen LogP contribution >= 0.6 is 0 Å². The van der Waals surface area contributed by atoms with Crippen molar-refractivity contribution in [3.8, 4) is 5.75 Å². The molecule has 1 aromatic carbocycles. The Morgan fingerprint density at radius 3 is 2.72 bits per heavy atom. The van der Waals surface area contributed by atoms with Crippen molar-refractivity contribution >= 4 is 17.8 Å². The number of ether oxygens (including phenoxy) is 1. The summed E-state index contributed by atoms with van der Waals surface area (Å²) in [5.74, 6) is 0.0410. The third-order valence-electron chi connectivity index (χ3n) is 4.72. The zero-order valence-corrected chi connectivity index (χ0v) is 16.3. The number of imide groups is 1. The van der Waals surface area contributed by atoms with Gasteiger partial charge in [0.25, 0.3) is 5.91 Å². The largest absolute Gasteiger partial charge is 0.496 e. The molecule has 152 valence electrons. The molecule has 29 heavy (non-hydrogen) atoms. The normalized spacial score (nSPS) is 15.9. The van der Waals surface area contributed by atoms with Crippen LogP contribution in [0.2, 0.25) is 0 Å². The summed E-state index contributed by atoms with van der Waals surface area (Å²) in [7, 11) is 1.58. The lowest BCUT2D eigenvalue weighted by atomic mass is 10.1. The summed E-state index contributed by atoms with van der Waals surface area (Å²) < 4.78 is 5.30. The fraction of sp³-hybridized carbons (Fsp3) is 0.333. The lowest BCUT2D eigenvalue weighted by Gasteiger charge is -2.14. The lowest BCUT2D eigenvalue weighted by molar-refractivity contribution is -0.130. The van der Waals surface area contributed by atoms with Crippen molar-refractivity contribution in [2.75, 3.05) is 20.2 Å². The minimum absolute atomic E-state index is 0.0854. The van der Waals surface area contributed by atoms with E-state index in [2.05, 4.69) is 15.6 Å². The number of benzene rings is 1. The first kappa shape index (κ1) is 20.3. The summed E-state index contributed by atoms with van der Waals surface area (Å²) >= 11 is 0. The molecular weight excluding hydrogens is 372 g/mol. The quantitative estimate of drug-likeness (QED) is 0.623. The van der Waals surface area contributed by atoms with Gasteiger partial charge in [0.2, 0.25) is 5.91 Å². The van der Waals surface area contributed by atoms with Gasteiger partial charge in [-0.05, 0) is 30.2 Å². The Hall–Kier alpha value is -3.42. The number of pyridine rings is 1. The Kier molecular flexibility index (Phi) is 6.78. The first-order chi connectivity index (χ1) is 14.1. The first-order valence-electron chi connectivity index (χ1n) is 9.49. The van der Waals surface area contributed by atoms with Crippen LogP contribution in [-0.2, 0) is 22.4 Å². The molecule has 0 bridgehead atoms. The highest BCUT2D eigenvalue weighted by atomic mass is 16.5. The Bertz CT molecular complexity index is 872. The van der Waals surface area contributed by atoms with E-state index in [-0.39, 0.29) is 24.8 Å². The van der Waals surface area contributed by atoms with Crippen LogP contribution < -0.4 is 15.4 Å². The summed E-state index contributed by atoms with van der Waals surface area (Å²) in [6.07, 6.45) is 2.69. The van der Waals surface area contributed by atoms with Crippen LogP contribution in [0.25, 0.3) is 0 Å². The average molecular weight is 396 g/mol. The molecule has 0 radical (unpaired) electrons. The minimum atomic E-state index is -0.838. The van der Waals surface area contributed by atoms with Crippen LogP contribution in [0.1, 0.15) is 17.7 Å². The van der Waals surface area contributed by atoms with Crippen LogP contribution in [0.5, 0.6) is 5.75 Å². The summed E-state index contributed by atoms with van der Waals surface area (Å²) in [5, 5.41) is 5.35. The van der Waals surface area contributed by atoms with E-state index in [4.69, 9.17) is 4.74 Å². The zero-order chi connectivity index (χ0) is 20.6. The van der Waals surface area contributed by atoms with Crippen molar-refractivity contribution in [2.45, 2.75) is 25.3 Å². The Morgan fingerprint density at radius 1 is 1.17 bits per heavy atom. The number of nitrogens with zero attached hydrogens (tertiary/aromatic N) is 2. The van der Waals surface area contributed by atoms with Gasteiger partial charge in [0.1, 0.15) is 11.8 Å². The Balaban J connectivity index is 1.47. The molecule has 0 unspecified atom stereocenters. The molecule has 3 rings (SSSR count). The van der Waals surface area contributed by atoms with E-state index in [0.717, 1.165) is 16.2 Å². The Labute approximate surface area is 169 Å². The fourth-order valence-electron chi connectivity index (χ4n) is 3.20. The van der Waals surface area contributed by atoms with E-state index >= 15 is 0 Å². The third kappa shape index (κ3) is 5.31. The number of hydrogen-bond acceptors (Lipinski definition) is 5. The molecular formula is C21H24N4O4. The highest BCUT2D eigenvalue weighted by Crippen LogP contribution is 2.19. The molecule has 2 aromatic rings. The number of urea groups is 1. The van der Waals surface area contributed by atoms with Crippen molar-refractivity contribution in [1.29, 1.82) is 0 Å². The summed E-state index contributed by atoms with van der Waals surface area (Å²) in [6, 6.07) is 11.7. The predicted octanol–water partition coefficient (Wildman–Crippen LogP) is 1.30. The number of amides is 4. The molecule has 2 N–H and O–H groups in total. The predicted molar refractivity (Wildman–Crippen MR) is 106 cm³/mol. The standard InChI is InChI=1S/C21H24N4O4/c1-29-18-8-3-2-6-15(18)10-13-25-20(27)17(24-21(25)28)14-19(26)23-12-9-16-7-4-5-11-22-16/h2-8,11,17H,9-10,12-14H2,1H3,(H,23,26)(H,24,28)/t17-/m0/s1. The highest BCUT2D eigenvalue weighted by molar-refractivity contribution is 6.05. The second kappa shape index (κ2) is 9.68. The fourth-order valence-corrected chi connectivity index (χ4v) is 3.20. The van der Waals surface area contributed by atoms with Gasteiger partial charge in [-0.15, -0.1) is 0 Å². The van der Waals surface area contributed by atoms with Crippen molar-refractivity contribution in [2.24, 2.45) is 0 Å². The molecule has 1 atom stereocenters. The monoisotopic (exact) mass is 396 g/mol. The second-order valence-electron chi connectivity index (χ2n) is 6.68. The van der Waals surface area contributed by atoms with Gasteiger partial charge in [-0.2, -0.15) is 0 Å². The topological polar surface area (TPSA) is 101 Å². The van der Waals surface area contributed by atoms with Crippen LogP contribution in [0.3, 0.4) is 0 Å². The number of rotatable bonds is 9. The smallest absolute Gasteiger partial charge is 0.324 e. The van der Waals surface area contributed by atoms with E-state index in [0.29, 0.717) is 25.1 Å². The van der Waals surface area contributed by atoms with Gasteiger partial charge < -0.3 is 15.4 Å². The molecule has 1 aliphatic rings. The molecule has 8 nitrogen and oxygen atoms in total. The molecule has 8 heteroatoms. The maximum absolute atomic E-state index is 12.5. The van der Waals surface area contributed by atoms with Crippen LogP contribution in [0.15, 0.2) is 48.7 Å². The minimum Gasteiger partial charge on any atom is -0.496 e. The lowest BCUT2D eigenvalue weighted by Crippen LogP contribution is -2.37. The maximum Gasteiger partial charge on any atom is 0.324 e. The molecule has 1 aliphatic heterocycles. The van der Waals surface area contributed by atoms with Gasteiger partial charge in [0.05, 0.1) is 13.5 Å². The first-order valence-corrected chi connectivity index (χ1v) is 9.49. The van der Waals surface area contributed by atoms with Gasteiger partial charge >= 0.3 is 6.03 Å². The molecule has 1 aromatic heterocycles. The van der Waals surface area contributed by atoms with Crippen molar-refractivity contribution in [3.05, 3.63) is 59.9 Å². The zero-order valence-electron chi connectivity index (χ0n) is 16.3. The van der Waals surface area contributed by atoms with Gasteiger partial charge in [-0.1, -0.05) is 24.3 Å². The summed E-state index contributed by atoms with van der Waals surface area (Å²) in [5.41, 5.74) is 1.78. The SMILES string of the molecule is COc1ccccc1CCN1C(=O)N[C@@H](CC(=O)NCCc2ccccn2)C1=O. The number of carbonyl (C=O) groups excluding carboxylic acids is 3. The van der Waals surface area contributed by atoms with E-state index in [1.807, 2.05) is 42.5 Å². The van der Waals surface area contributed by atoms with Gasteiger partial charge in [-0.3, -0.25) is 19.5 Å². The van der Waals surface area contributed by atoms with Gasteiger partial charge in [0.15, 0.2) is 0 Å². The van der Waals surface area contributed by atoms with Crippen molar-refractivity contribution in [3.63, 3.8) is 0 Å². The number of methoxy groups -OCH3 is 1. The van der Waals surface area contributed by atoms with E-state index in [1.54, 1.807) is 13.3 Å². The molecule has 1 saturated heterocycles.